The van der Waals surface area contributed by atoms with Crippen LogP contribution >= 0.6 is 0 Å². The van der Waals surface area contributed by atoms with E-state index in [1.54, 1.807) is 18.2 Å². The molecule has 0 radical (unpaired) electrons. The summed E-state index contributed by atoms with van der Waals surface area (Å²) in [5.74, 6) is 0.680. The standard InChI is InChI=1S/C13H14F3NO4/c1-17(12(18)6-19-7-13(14,15)16)5-9-2-3-10-11(4-9)21-8-20-10/h2-4H,5-8H2,1H3. The minimum absolute atomic E-state index is 0.152. The van der Waals surface area contributed by atoms with Crippen LogP contribution in [0.5, 0.6) is 11.5 Å². The number of halogens is 3. The predicted molar refractivity (Wildman–Crippen MR) is 65.9 cm³/mol. The van der Waals surface area contributed by atoms with Crippen molar-refractivity contribution in [2.24, 2.45) is 0 Å². The number of rotatable bonds is 5. The molecule has 1 aliphatic rings. The molecular formula is C13H14F3NO4. The van der Waals surface area contributed by atoms with E-state index >= 15 is 0 Å². The van der Waals surface area contributed by atoms with Crippen molar-refractivity contribution in [3.05, 3.63) is 23.8 Å². The topological polar surface area (TPSA) is 48.0 Å². The lowest BCUT2D eigenvalue weighted by Gasteiger charge is -2.17. The van der Waals surface area contributed by atoms with Crippen LogP contribution in [0, 0.1) is 0 Å². The smallest absolute Gasteiger partial charge is 0.411 e. The van der Waals surface area contributed by atoms with Gasteiger partial charge in [0.25, 0.3) is 0 Å². The Morgan fingerprint density at radius 1 is 1.33 bits per heavy atom. The summed E-state index contributed by atoms with van der Waals surface area (Å²) in [4.78, 5) is 12.9. The number of hydrogen-bond donors (Lipinski definition) is 0. The number of carbonyl (C=O) groups is 1. The highest BCUT2D eigenvalue weighted by atomic mass is 19.4. The number of alkyl halides is 3. The molecule has 0 atom stereocenters. The lowest BCUT2D eigenvalue weighted by Crippen LogP contribution is -2.31. The number of amides is 1. The Kier molecular flexibility index (Phi) is 4.56. The van der Waals surface area contributed by atoms with Gasteiger partial charge in [-0.3, -0.25) is 4.79 Å². The first-order valence-electron chi connectivity index (χ1n) is 6.12. The molecule has 0 saturated carbocycles. The summed E-state index contributed by atoms with van der Waals surface area (Å²) in [6.45, 7) is -1.65. The molecule has 8 heteroatoms. The fourth-order valence-corrected chi connectivity index (χ4v) is 1.77. The Balaban J connectivity index is 1.83. The van der Waals surface area contributed by atoms with Crippen molar-refractivity contribution in [1.82, 2.24) is 4.90 Å². The average molecular weight is 305 g/mol. The molecule has 116 valence electrons. The Hall–Kier alpha value is -1.96. The van der Waals surface area contributed by atoms with Crippen molar-refractivity contribution >= 4 is 5.91 Å². The molecular weight excluding hydrogens is 291 g/mol. The molecule has 0 saturated heterocycles. The fourth-order valence-electron chi connectivity index (χ4n) is 1.77. The van der Waals surface area contributed by atoms with Crippen molar-refractivity contribution in [3.63, 3.8) is 0 Å². The van der Waals surface area contributed by atoms with Crippen LogP contribution in [-0.2, 0) is 16.1 Å². The second kappa shape index (κ2) is 6.21. The monoisotopic (exact) mass is 305 g/mol. The maximum absolute atomic E-state index is 11.9. The summed E-state index contributed by atoms with van der Waals surface area (Å²) in [6, 6.07) is 5.20. The van der Waals surface area contributed by atoms with Gasteiger partial charge in [0.05, 0.1) is 0 Å². The van der Waals surface area contributed by atoms with E-state index in [2.05, 4.69) is 4.74 Å². The number of hydrogen-bond acceptors (Lipinski definition) is 4. The van der Waals surface area contributed by atoms with Gasteiger partial charge in [-0.05, 0) is 17.7 Å². The summed E-state index contributed by atoms with van der Waals surface area (Å²) >= 11 is 0. The van der Waals surface area contributed by atoms with Crippen LogP contribution in [0.4, 0.5) is 13.2 Å². The van der Waals surface area contributed by atoms with Gasteiger partial charge in [-0.15, -0.1) is 0 Å². The van der Waals surface area contributed by atoms with Crippen LogP contribution in [0.15, 0.2) is 18.2 Å². The van der Waals surface area contributed by atoms with Crippen LogP contribution in [0.1, 0.15) is 5.56 Å². The zero-order valence-corrected chi connectivity index (χ0v) is 11.3. The molecule has 0 aromatic heterocycles. The van der Waals surface area contributed by atoms with E-state index < -0.39 is 25.3 Å². The van der Waals surface area contributed by atoms with E-state index in [1.807, 2.05) is 0 Å². The molecule has 0 unspecified atom stereocenters. The number of benzene rings is 1. The normalized spacial score (nSPS) is 13.3. The van der Waals surface area contributed by atoms with E-state index in [9.17, 15) is 18.0 Å². The van der Waals surface area contributed by atoms with Crippen molar-refractivity contribution in [3.8, 4) is 11.5 Å². The van der Waals surface area contributed by atoms with Crippen LogP contribution in [0.25, 0.3) is 0 Å². The van der Waals surface area contributed by atoms with Crippen LogP contribution < -0.4 is 9.47 Å². The lowest BCUT2D eigenvalue weighted by molar-refractivity contribution is -0.177. The molecule has 1 aromatic carbocycles. The Labute approximate surface area is 119 Å². The predicted octanol–water partition coefficient (Wildman–Crippen LogP) is 1.95. The quantitative estimate of drug-likeness (QED) is 0.834. The molecule has 1 aliphatic heterocycles. The zero-order chi connectivity index (χ0) is 15.5. The number of carbonyl (C=O) groups excluding carboxylic acids is 1. The van der Waals surface area contributed by atoms with Gasteiger partial charge in [-0.25, -0.2) is 0 Å². The molecule has 1 aromatic rings. The summed E-state index contributed by atoms with van der Waals surface area (Å²) in [7, 11) is 1.49. The molecule has 0 fully saturated rings. The molecule has 0 spiro atoms. The number of ether oxygens (including phenoxy) is 3. The van der Waals surface area contributed by atoms with Gasteiger partial charge >= 0.3 is 6.18 Å². The maximum Gasteiger partial charge on any atom is 0.411 e. The van der Waals surface area contributed by atoms with Crippen molar-refractivity contribution < 1.29 is 32.2 Å². The van der Waals surface area contributed by atoms with Crippen LogP contribution in [0.2, 0.25) is 0 Å². The highest BCUT2D eigenvalue weighted by Crippen LogP contribution is 2.32. The minimum atomic E-state index is -4.43. The summed E-state index contributed by atoms with van der Waals surface area (Å²) in [6.07, 6.45) is -4.43. The molecule has 1 heterocycles. The first-order chi connectivity index (χ1) is 9.85. The summed E-state index contributed by atoms with van der Waals surface area (Å²) in [5, 5.41) is 0. The first-order valence-corrected chi connectivity index (χ1v) is 6.12. The van der Waals surface area contributed by atoms with Crippen molar-refractivity contribution in [2.75, 3.05) is 27.1 Å². The highest BCUT2D eigenvalue weighted by molar-refractivity contribution is 5.77. The number of nitrogens with zero attached hydrogens (tertiary/aromatic N) is 1. The molecule has 1 amide bonds. The van der Waals surface area contributed by atoms with Crippen molar-refractivity contribution in [1.29, 1.82) is 0 Å². The van der Waals surface area contributed by atoms with Gasteiger partial charge in [0.1, 0.15) is 13.2 Å². The van der Waals surface area contributed by atoms with E-state index in [0.717, 1.165) is 5.56 Å². The van der Waals surface area contributed by atoms with E-state index in [4.69, 9.17) is 9.47 Å². The summed E-state index contributed by atoms with van der Waals surface area (Å²) < 4.78 is 50.4. The molecule has 0 N–H and O–H groups in total. The van der Waals surface area contributed by atoms with E-state index in [1.165, 1.54) is 11.9 Å². The molecule has 21 heavy (non-hydrogen) atoms. The fraction of sp³-hybridized carbons (Fsp3) is 0.462. The highest BCUT2D eigenvalue weighted by Gasteiger charge is 2.28. The van der Waals surface area contributed by atoms with Gasteiger partial charge < -0.3 is 19.1 Å². The Morgan fingerprint density at radius 3 is 2.76 bits per heavy atom. The number of likely N-dealkylation sites (N-methyl/N-ethyl adjacent to an activating group) is 1. The van der Waals surface area contributed by atoms with Gasteiger partial charge in [-0.2, -0.15) is 13.2 Å². The zero-order valence-electron chi connectivity index (χ0n) is 11.3. The van der Waals surface area contributed by atoms with Gasteiger partial charge in [0, 0.05) is 13.6 Å². The second-order valence-corrected chi connectivity index (χ2v) is 4.55. The molecule has 0 bridgehead atoms. The van der Waals surface area contributed by atoms with Gasteiger partial charge in [-0.1, -0.05) is 6.07 Å². The van der Waals surface area contributed by atoms with Gasteiger partial charge in [0.2, 0.25) is 12.7 Å². The lowest BCUT2D eigenvalue weighted by atomic mass is 10.2. The molecule has 2 rings (SSSR count). The van der Waals surface area contributed by atoms with Gasteiger partial charge in [0.15, 0.2) is 11.5 Å². The minimum Gasteiger partial charge on any atom is -0.454 e. The van der Waals surface area contributed by atoms with Crippen molar-refractivity contribution in [2.45, 2.75) is 12.7 Å². The summed E-state index contributed by atoms with van der Waals surface area (Å²) in [5.41, 5.74) is 0.783. The maximum atomic E-state index is 11.9. The second-order valence-electron chi connectivity index (χ2n) is 4.55. The molecule has 0 aliphatic carbocycles. The third-order valence-corrected chi connectivity index (χ3v) is 2.77. The molecule has 5 nitrogen and oxygen atoms in total. The average Bonchev–Trinajstić information content (AvgIpc) is 2.84. The third-order valence-electron chi connectivity index (χ3n) is 2.77. The Morgan fingerprint density at radius 2 is 2.05 bits per heavy atom. The number of fused-ring (bicyclic) bond motifs is 1. The van der Waals surface area contributed by atoms with Crippen LogP contribution in [-0.4, -0.2) is 44.0 Å². The third kappa shape index (κ3) is 4.52. The largest absolute Gasteiger partial charge is 0.454 e. The van der Waals surface area contributed by atoms with E-state index in [0.29, 0.717) is 11.5 Å². The SMILES string of the molecule is CN(Cc1ccc2c(c1)OCO2)C(=O)COCC(F)(F)F. The van der Waals surface area contributed by atoms with E-state index in [-0.39, 0.29) is 13.3 Å². The first kappa shape index (κ1) is 15.4. The Bertz CT molecular complexity index is 519. The van der Waals surface area contributed by atoms with Crippen LogP contribution in [0.3, 0.4) is 0 Å².